The van der Waals surface area contributed by atoms with Crippen molar-refractivity contribution in [1.82, 2.24) is 4.90 Å². The fourth-order valence-corrected chi connectivity index (χ4v) is 1.45. The Bertz CT molecular complexity index is 324. The summed E-state index contributed by atoms with van der Waals surface area (Å²) in [7, 11) is 3.85. The third-order valence-corrected chi connectivity index (χ3v) is 2.64. The zero-order valence-corrected chi connectivity index (χ0v) is 9.95. The van der Waals surface area contributed by atoms with E-state index in [2.05, 4.69) is 22.0 Å². The Kier molecular flexibility index (Phi) is 4.12. The Morgan fingerprint density at radius 3 is 2.36 bits per heavy atom. The number of benzene rings is 1. The Morgan fingerprint density at radius 1 is 1.36 bits per heavy atom. The van der Waals surface area contributed by atoms with Gasteiger partial charge in [0, 0.05) is 10.9 Å². The van der Waals surface area contributed by atoms with Crippen molar-refractivity contribution in [2.45, 2.75) is 12.5 Å². The van der Waals surface area contributed by atoms with E-state index in [9.17, 15) is 0 Å². The van der Waals surface area contributed by atoms with Crippen LogP contribution in [0.15, 0.2) is 28.7 Å². The van der Waals surface area contributed by atoms with E-state index in [4.69, 9.17) is 5.26 Å². The molecule has 0 aliphatic rings. The summed E-state index contributed by atoms with van der Waals surface area (Å²) in [5.41, 5.74) is 1.19. The Hall–Kier alpha value is -0.850. The molecule has 0 fully saturated rings. The lowest BCUT2D eigenvalue weighted by Gasteiger charge is -2.16. The Labute approximate surface area is 93.3 Å². The zero-order chi connectivity index (χ0) is 10.6. The number of hydrogen-bond acceptors (Lipinski definition) is 2. The van der Waals surface area contributed by atoms with Crippen molar-refractivity contribution in [1.29, 1.82) is 5.26 Å². The number of rotatable bonds is 3. The van der Waals surface area contributed by atoms with E-state index in [0.29, 0.717) is 0 Å². The summed E-state index contributed by atoms with van der Waals surface area (Å²) < 4.78 is 1.07. The standard InChI is InChI=1S/C11H13BrN2/c1-14(2)11(8-13)7-9-3-5-10(12)6-4-9/h3-6,11H,7H2,1-2H3. The molecule has 0 aromatic heterocycles. The van der Waals surface area contributed by atoms with Crippen molar-refractivity contribution in [2.24, 2.45) is 0 Å². The van der Waals surface area contributed by atoms with E-state index in [1.165, 1.54) is 5.56 Å². The molecule has 3 heteroatoms. The minimum Gasteiger partial charge on any atom is -0.294 e. The first-order chi connectivity index (χ1) is 6.63. The fourth-order valence-electron chi connectivity index (χ4n) is 1.19. The van der Waals surface area contributed by atoms with Crippen LogP contribution in [-0.2, 0) is 6.42 Å². The maximum atomic E-state index is 8.91. The first kappa shape index (κ1) is 11.2. The number of halogens is 1. The van der Waals surface area contributed by atoms with Gasteiger partial charge < -0.3 is 0 Å². The summed E-state index contributed by atoms with van der Waals surface area (Å²) in [6.07, 6.45) is 0.775. The molecule has 74 valence electrons. The lowest BCUT2D eigenvalue weighted by Crippen LogP contribution is -2.28. The molecule has 0 heterocycles. The zero-order valence-electron chi connectivity index (χ0n) is 8.37. The first-order valence-corrected chi connectivity index (χ1v) is 5.23. The SMILES string of the molecule is CN(C)C(C#N)Cc1ccc(Br)cc1. The summed E-state index contributed by atoms with van der Waals surface area (Å²) >= 11 is 3.38. The lowest BCUT2D eigenvalue weighted by molar-refractivity contribution is 0.348. The maximum Gasteiger partial charge on any atom is 0.101 e. The molecule has 1 atom stereocenters. The topological polar surface area (TPSA) is 27.0 Å². The Balaban J connectivity index is 2.69. The highest BCUT2D eigenvalue weighted by Crippen LogP contribution is 2.12. The normalized spacial score (nSPS) is 12.5. The predicted molar refractivity (Wildman–Crippen MR) is 60.9 cm³/mol. The summed E-state index contributed by atoms with van der Waals surface area (Å²) in [5, 5.41) is 8.91. The maximum absolute atomic E-state index is 8.91. The molecule has 1 rings (SSSR count). The number of nitrogens with zero attached hydrogens (tertiary/aromatic N) is 2. The summed E-state index contributed by atoms with van der Waals surface area (Å²) in [6.45, 7) is 0. The van der Waals surface area contributed by atoms with Crippen LogP contribution in [-0.4, -0.2) is 25.0 Å². The first-order valence-electron chi connectivity index (χ1n) is 4.44. The molecule has 0 amide bonds. The second kappa shape index (κ2) is 5.14. The Morgan fingerprint density at radius 2 is 1.93 bits per heavy atom. The molecule has 0 saturated heterocycles. The quantitative estimate of drug-likeness (QED) is 0.827. The van der Waals surface area contributed by atoms with Crippen molar-refractivity contribution in [3.63, 3.8) is 0 Å². The van der Waals surface area contributed by atoms with Gasteiger partial charge in [-0.05, 0) is 31.8 Å². The average molecular weight is 253 g/mol. The molecule has 1 aromatic rings. The average Bonchev–Trinajstić information content (AvgIpc) is 2.16. The van der Waals surface area contributed by atoms with Crippen LogP contribution in [0.4, 0.5) is 0 Å². The highest BCUT2D eigenvalue weighted by atomic mass is 79.9. The van der Waals surface area contributed by atoms with Gasteiger partial charge in [-0.1, -0.05) is 28.1 Å². The van der Waals surface area contributed by atoms with Crippen LogP contribution in [0.25, 0.3) is 0 Å². The van der Waals surface area contributed by atoms with Gasteiger partial charge in [0.1, 0.15) is 6.04 Å². The van der Waals surface area contributed by atoms with Crippen LogP contribution in [0.5, 0.6) is 0 Å². The number of hydrogen-bond donors (Lipinski definition) is 0. The molecule has 0 radical (unpaired) electrons. The highest BCUT2D eigenvalue weighted by Gasteiger charge is 2.10. The fraction of sp³-hybridized carbons (Fsp3) is 0.364. The summed E-state index contributed by atoms with van der Waals surface area (Å²) in [6, 6.07) is 10.3. The number of nitriles is 1. The van der Waals surface area contributed by atoms with E-state index in [-0.39, 0.29) is 6.04 Å². The molecule has 14 heavy (non-hydrogen) atoms. The molecular weight excluding hydrogens is 240 g/mol. The van der Waals surface area contributed by atoms with E-state index >= 15 is 0 Å². The van der Waals surface area contributed by atoms with Crippen molar-refractivity contribution in [3.05, 3.63) is 34.3 Å². The lowest BCUT2D eigenvalue weighted by atomic mass is 10.1. The van der Waals surface area contributed by atoms with Gasteiger partial charge in [-0.25, -0.2) is 0 Å². The smallest absolute Gasteiger partial charge is 0.101 e. The van der Waals surface area contributed by atoms with Crippen LogP contribution >= 0.6 is 15.9 Å². The van der Waals surface area contributed by atoms with Gasteiger partial charge in [0.2, 0.25) is 0 Å². The third kappa shape index (κ3) is 3.13. The van der Waals surface area contributed by atoms with Gasteiger partial charge in [0.15, 0.2) is 0 Å². The molecule has 0 bridgehead atoms. The molecular formula is C11H13BrN2. The summed E-state index contributed by atoms with van der Waals surface area (Å²) in [5.74, 6) is 0. The molecule has 1 aromatic carbocycles. The minimum atomic E-state index is -0.0452. The van der Waals surface area contributed by atoms with E-state index in [1.807, 2.05) is 43.3 Å². The van der Waals surface area contributed by atoms with E-state index in [0.717, 1.165) is 10.9 Å². The molecule has 0 aliphatic carbocycles. The van der Waals surface area contributed by atoms with Crippen LogP contribution in [0.2, 0.25) is 0 Å². The third-order valence-electron chi connectivity index (χ3n) is 2.11. The molecule has 1 unspecified atom stereocenters. The molecule has 0 spiro atoms. The molecule has 2 nitrogen and oxygen atoms in total. The van der Waals surface area contributed by atoms with Crippen LogP contribution in [0, 0.1) is 11.3 Å². The second-order valence-corrected chi connectivity index (χ2v) is 4.35. The van der Waals surface area contributed by atoms with Crippen LogP contribution < -0.4 is 0 Å². The van der Waals surface area contributed by atoms with Gasteiger partial charge in [0.05, 0.1) is 6.07 Å². The van der Waals surface area contributed by atoms with Crippen molar-refractivity contribution in [2.75, 3.05) is 14.1 Å². The van der Waals surface area contributed by atoms with Crippen LogP contribution in [0.1, 0.15) is 5.56 Å². The highest BCUT2D eigenvalue weighted by molar-refractivity contribution is 9.10. The van der Waals surface area contributed by atoms with Gasteiger partial charge in [0.25, 0.3) is 0 Å². The van der Waals surface area contributed by atoms with Gasteiger partial charge in [-0.3, -0.25) is 4.90 Å². The minimum absolute atomic E-state index is 0.0452. The van der Waals surface area contributed by atoms with Gasteiger partial charge in [-0.2, -0.15) is 5.26 Å². The summed E-state index contributed by atoms with van der Waals surface area (Å²) in [4.78, 5) is 1.93. The van der Waals surface area contributed by atoms with Crippen molar-refractivity contribution in [3.8, 4) is 6.07 Å². The van der Waals surface area contributed by atoms with Gasteiger partial charge >= 0.3 is 0 Å². The predicted octanol–water partition coefficient (Wildman–Crippen LogP) is 2.45. The molecule has 0 aliphatic heterocycles. The van der Waals surface area contributed by atoms with Crippen molar-refractivity contribution < 1.29 is 0 Å². The largest absolute Gasteiger partial charge is 0.294 e. The van der Waals surface area contributed by atoms with Gasteiger partial charge in [-0.15, -0.1) is 0 Å². The second-order valence-electron chi connectivity index (χ2n) is 3.44. The van der Waals surface area contributed by atoms with Crippen LogP contribution in [0.3, 0.4) is 0 Å². The van der Waals surface area contributed by atoms with Crippen molar-refractivity contribution >= 4 is 15.9 Å². The number of likely N-dealkylation sites (N-methyl/N-ethyl adjacent to an activating group) is 1. The molecule has 0 saturated carbocycles. The monoisotopic (exact) mass is 252 g/mol. The molecule has 0 N–H and O–H groups in total. The van der Waals surface area contributed by atoms with E-state index < -0.39 is 0 Å². The van der Waals surface area contributed by atoms with E-state index in [1.54, 1.807) is 0 Å².